The standard InChI is InChI=1S/C18H26O11/c1-10(20)25-9-14-15(26-11(2)21)16(27-12(3)22)17(28-13(4)23)18(29-14)24-8-6-5-7-19/h7,14-18H,5-6,8-9H2,1-4H3/t14-,15-,16+,17-,18-/m1/s1. The highest BCUT2D eigenvalue weighted by atomic mass is 16.7. The highest BCUT2D eigenvalue weighted by molar-refractivity contribution is 5.68. The van der Waals surface area contributed by atoms with Gasteiger partial charge < -0.3 is 33.2 Å². The summed E-state index contributed by atoms with van der Waals surface area (Å²) in [4.78, 5) is 56.5. The molecule has 0 amide bonds. The molecule has 0 aromatic heterocycles. The number of unbranched alkanes of at least 4 members (excludes halogenated alkanes) is 1. The predicted octanol–water partition coefficient (Wildman–Crippen LogP) is 0.0652. The summed E-state index contributed by atoms with van der Waals surface area (Å²) in [5.74, 6) is -2.75. The van der Waals surface area contributed by atoms with Gasteiger partial charge in [-0.2, -0.15) is 0 Å². The number of rotatable bonds is 10. The van der Waals surface area contributed by atoms with Gasteiger partial charge in [-0.3, -0.25) is 19.2 Å². The van der Waals surface area contributed by atoms with Gasteiger partial charge in [0.15, 0.2) is 24.6 Å². The predicted molar refractivity (Wildman–Crippen MR) is 93.2 cm³/mol. The number of hydrogen-bond acceptors (Lipinski definition) is 11. The molecule has 0 aromatic rings. The van der Waals surface area contributed by atoms with Crippen LogP contribution < -0.4 is 0 Å². The van der Waals surface area contributed by atoms with Gasteiger partial charge in [-0.1, -0.05) is 0 Å². The summed E-state index contributed by atoms with van der Waals surface area (Å²) >= 11 is 0. The number of carbonyl (C=O) groups excluding carboxylic acids is 5. The number of esters is 4. The van der Waals surface area contributed by atoms with Crippen LogP contribution in [0.2, 0.25) is 0 Å². The van der Waals surface area contributed by atoms with Crippen LogP contribution in [-0.2, 0) is 52.4 Å². The van der Waals surface area contributed by atoms with Gasteiger partial charge in [0.05, 0.1) is 6.61 Å². The molecule has 1 aliphatic rings. The van der Waals surface area contributed by atoms with Gasteiger partial charge in [0.2, 0.25) is 0 Å². The minimum atomic E-state index is -1.27. The van der Waals surface area contributed by atoms with Gasteiger partial charge >= 0.3 is 23.9 Å². The Balaban J connectivity index is 3.19. The van der Waals surface area contributed by atoms with Gasteiger partial charge in [-0.25, -0.2) is 0 Å². The third-order valence-electron chi connectivity index (χ3n) is 3.70. The zero-order valence-electron chi connectivity index (χ0n) is 16.8. The van der Waals surface area contributed by atoms with E-state index in [0.29, 0.717) is 6.42 Å². The van der Waals surface area contributed by atoms with Crippen LogP contribution in [0, 0.1) is 0 Å². The van der Waals surface area contributed by atoms with Gasteiger partial charge in [0, 0.05) is 34.1 Å². The van der Waals surface area contributed by atoms with Gasteiger partial charge in [0.1, 0.15) is 19.0 Å². The largest absolute Gasteiger partial charge is 0.463 e. The number of ether oxygens (including phenoxy) is 6. The Kier molecular flexibility index (Phi) is 10.2. The van der Waals surface area contributed by atoms with Crippen LogP contribution >= 0.6 is 0 Å². The number of carbonyl (C=O) groups is 5. The molecule has 11 nitrogen and oxygen atoms in total. The van der Waals surface area contributed by atoms with Crippen LogP contribution in [0.5, 0.6) is 0 Å². The fourth-order valence-corrected chi connectivity index (χ4v) is 2.69. The topological polar surface area (TPSA) is 141 Å². The number of hydrogen-bond donors (Lipinski definition) is 0. The second-order valence-corrected chi connectivity index (χ2v) is 6.25. The van der Waals surface area contributed by atoms with Crippen molar-refractivity contribution in [1.29, 1.82) is 0 Å². The van der Waals surface area contributed by atoms with Crippen molar-refractivity contribution in [2.24, 2.45) is 0 Å². The highest BCUT2D eigenvalue weighted by Crippen LogP contribution is 2.30. The lowest BCUT2D eigenvalue weighted by molar-refractivity contribution is -0.308. The molecule has 1 saturated heterocycles. The van der Waals surface area contributed by atoms with Crippen LogP contribution in [0.4, 0.5) is 0 Å². The lowest BCUT2D eigenvalue weighted by Crippen LogP contribution is -2.63. The smallest absolute Gasteiger partial charge is 0.303 e. The fourth-order valence-electron chi connectivity index (χ4n) is 2.69. The van der Waals surface area contributed by atoms with Crippen molar-refractivity contribution in [2.75, 3.05) is 13.2 Å². The van der Waals surface area contributed by atoms with Gasteiger partial charge in [-0.05, 0) is 6.42 Å². The first-order chi connectivity index (χ1) is 13.6. The summed E-state index contributed by atoms with van der Waals surface area (Å²) in [6.07, 6.45) is -4.71. The lowest BCUT2D eigenvalue weighted by atomic mass is 9.98. The van der Waals surface area contributed by atoms with Crippen molar-refractivity contribution < 1.29 is 52.4 Å². The van der Waals surface area contributed by atoms with Crippen molar-refractivity contribution in [3.63, 3.8) is 0 Å². The number of aldehydes is 1. The van der Waals surface area contributed by atoms with Crippen LogP contribution in [0.3, 0.4) is 0 Å². The summed E-state index contributed by atoms with van der Waals surface area (Å²) in [6.45, 7) is 4.34. The summed E-state index contributed by atoms with van der Waals surface area (Å²) in [5, 5.41) is 0. The van der Waals surface area contributed by atoms with Crippen molar-refractivity contribution in [1.82, 2.24) is 0 Å². The van der Waals surface area contributed by atoms with E-state index in [1.54, 1.807) is 0 Å². The zero-order valence-corrected chi connectivity index (χ0v) is 16.8. The monoisotopic (exact) mass is 418 g/mol. The van der Waals surface area contributed by atoms with Crippen molar-refractivity contribution >= 4 is 30.2 Å². The van der Waals surface area contributed by atoms with E-state index in [2.05, 4.69) is 0 Å². The maximum atomic E-state index is 11.6. The molecule has 1 rings (SSSR count). The molecule has 0 saturated carbocycles. The molecule has 0 radical (unpaired) electrons. The second-order valence-electron chi connectivity index (χ2n) is 6.25. The molecule has 5 atom stereocenters. The van der Waals surface area contributed by atoms with Crippen molar-refractivity contribution in [3.05, 3.63) is 0 Å². The Morgan fingerprint density at radius 1 is 0.828 bits per heavy atom. The molecule has 0 unspecified atom stereocenters. The van der Waals surface area contributed by atoms with Gasteiger partial charge in [0.25, 0.3) is 0 Å². The average molecular weight is 418 g/mol. The zero-order chi connectivity index (χ0) is 22.0. The van der Waals surface area contributed by atoms with E-state index >= 15 is 0 Å². The first kappa shape index (κ1) is 24.5. The van der Waals surface area contributed by atoms with E-state index in [1.807, 2.05) is 0 Å². The SMILES string of the molecule is CC(=O)OC[C@H]1O[C@@H](OCCCC=O)[C@H](OC(C)=O)[C@@H](OC(C)=O)[C@@H]1OC(C)=O. The molecule has 1 heterocycles. The maximum absolute atomic E-state index is 11.6. The first-order valence-corrected chi connectivity index (χ1v) is 9.01. The molecule has 29 heavy (non-hydrogen) atoms. The molecule has 1 aliphatic heterocycles. The normalized spacial score (nSPS) is 26.1. The average Bonchev–Trinajstić information content (AvgIpc) is 2.60. The molecular formula is C18H26O11. The van der Waals surface area contributed by atoms with Gasteiger partial charge in [-0.15, -0.1) is 0 Å². The third-order valence-corrected chi connectivity index (χ3v) is 3.70. The Bertz CT molecular complexity index is 603. The Morgan fingerprint density at radius 3 is 1.90 bits per heavy atom. The molecule has 164 valence electrons. The van der Waals surface area contributed by atoms with E-state index in [4.69, 9.17) is 28.4 Å². The van der Waals surface area contributed by atoms with Crippen molar-refractivity contribution in [2.45, 2.75) is 71.2 Å². The third kappa shape index (κ3) is 8.57. The fraction of sp³-hybridized carbons (Fsp3) is 0.722. The molecule has 0 bridgehead atoms. The maximum Gasteiger partial charge on any atom is 0.303 e. The molecule has 0 aliphatic carbocycles. The van der Waals surface area contributed by atoms with E-state index in [9.17, 15) is 24.0 Å². The quantitative estimate of drug-likeness (QED) is 0.206. The van der Waals surface area contributed by atoms with E-state index in [1.165, 1.54) is 6.92 Å². The highest BCUT2D eigenvalue weighted by Gasteiger charge is 2.52. The summed E-state index contributed by atoms with van der Waals surface area (Å²) in [7, 11) is 0. The van der Waals surface area contributed by atoms with E-state index in [0.717, 1.165) is 27.1 Å². The summed E-state index contributed by atoms with van der Waals surface area (Å²) in [6, 6.07) is 0. The van der Waals surface area contributed by atoms with Crippen LogP contribution in [0.25, 0.3) is 0 Å². The summed E-state index contributed by atoms with van der Waals surface area (Å²) < 4.78 is 32.0. The molecule has 0 spiro atoms. The van der Waals surface area contributed by atoms with Crippen LogP contribution in [0.1, 0.15) is 40.5 Å². The second kappa shape index (κ2) is 12.1. The van der Waals surface area contributed by atoms with Crippen molar-refractivity contribution in [3.8, 4) is 0 Å². The minimum absolute atomic E-state index is 0.0759. The Labute approximate surface area is 167 Å². The lowest BCUT2D eigenvalue weighted by Gasteiger charge is -2.44. The van der Waals surface area contributed by atoms with E-state index in [-0.39, 0.29) is 19.6 Å². The molecule has 1 fully saturated rings. The molecular weight excluding hydrogens is 392 g/mol. The minimum Gasteiger partial charge on any atom is -0.463 e. The molecule has 0 N–H and O–H groups in total. The first-order valence-electron chi connectivity index (χ1n) is 9.01. The molecule has 0 aromatic carbocycles. The molecule has 11 heteroatoms. The van der Waals surface area contributed by atoms with Crippen LogP contribution in [-0.4, -0.2) is 74.1 Å². The Morgan fingerprint density at radius 2 is 1.38 bits per heavy atom. The Hall–Kier alpha value is -2.53. The van der Waals surface area contributed by atoms with Crippen LogP contribution in [0.15, 0.2) is 0 Å². The summed E-state index contributed by atoms with van der Waals surface area (Å²) in [5.41, 5.74) is 0. The van der Waals surface area contributed by atoms with E-state index < -0.39 is 54.6 Å².